The zero-order chi connectivity index (χ0) is 26.9. The van der Waals surface area contributed by atoms with E-state index in [2.05, 4.69) is 51.8 Å². The van der Waals surface area contributed by atoms with Crippen LogP contribution in [0, 0.1) is 6.92 Å². The molecule has 5 aromatic rings. The molecule has 1 N–H and O–H groups in total. The highest BCUT2D eigenvalue weighted by molar-refractivity contribution is 7.95. The summed E-state index contributed by atoms with van der Waals surface area (Å²) in [5.41, 5.74) is -0.801. The molecule has 1 amide bonds. The predicted molar refractivity (Wildman–Crippen MR) is 145 cm³/mol. The number of fused-ring (bicyclic) bond motifs is 1. The molecule has 5 nitrogen and oxygen atoms in total. The normalized spacial score (nSPS) is 11.7. The highest BCUT2D eigenvalue weighted by Gasteiger charge is 2.46. The molecule has 0 aliphatic heterocycles. The molecule has 0 aliphatic rings. The second kappa shape index (κ2) is 11.2. The Morgan fingerprint density at radius 1 is 0.872 bits per heavy atom. The van der Waals surface area contributed by atoms with Crippen molar-refractivity contribution >= 4 is 34.7 Å². The van der Waals surface area contributed by atoms with E-state index in [9.17, 15) is 18.0 Å². The minimum Gasteiger partial charge on any atom is -1.00 e. The molecule has 0 spiro atoms. The summed E-state index contributed by atoms with van der Waals surface area (Å²) in [5, 5.41) is 10.5. The maximum atomic E-state index is 13.7. The van der Waals surface area contributed by atoms with Crippen molar-refractivity contribution in [2.45, 2.75) is 19.3 Å². The van der Waals surface area contributed by atoms with E-state index in [-0.39, 0.29) is 29.3 Å². The first-order chi connectivity index (χ1) is 18.3. The molecule has 0 unspecified atom stereocenters. The Kier molecular flexibility index (Phi) is 8.09. The second-order valence-electron chi connectivity index (χ2n) is 8.88. The van der Waals surface area contributed by atoms with Crippen LogP contribution in [0.15, 0.2) is 97.1 Å². The van der Waals surface area contributed by atoms with Crippen LogP contribution < -0.4 is 33.6 Å². The molecule has 3 aromatic carbocycles. The fourth-order valence-electron chi connectivity index (χ4n) is 4.84. The minimum absolute atomic E-state index is 0. The number of benzene rings is 3. The van der Waals surface area contributed by atoms with Crippen molar-refractivity contribution in [3.8, 4) is 0 Å². The third-order valence-electron chi connectivity index (χ3n) is 6.59. The van der Waals surface area contributed by atoms with Crippen LogP contribution in [0.4, 0.5) is 13.2 Å². The SMILES string of the molecule is CNC(=O)c1cc(C[P+](c2ccccc2)(c2ccccc2)c2ccccc2)nn2c(C)c(C(F)(F)F)nc12.[Cl-]. The van der Waals surface area contributed by atoms with Crippen LogP contribution in [0.25, 0.3) is 5.65 Å². The highest BCUT2D eigenvalue weighted by Crippen LogP contribution is 2.58. The van der Waals surface area contributed by atoms with Gasteiger partial charge in [0.2, 0.25) is 0 Å². The van der Waals surface area contributed by atoms with Crippen molar-refractivity contribution in [2.24, 2.45) is 0 Å². The molecular weight excluding hydrogens is 544 g/mol. The number of halogens is 4. The smallest absolute Gasteiger partial charge is 0.435 e. The number of rotatable bonds is 6. The second-order valence-corrected chi connectivity index (χ2v) is 12.4. The Bertz CT molecular complexity index is 1500. The van der Waals surface area contributed by atoms with Crippen LogP contribution in [0.5, 0.6) is 0 Å². The Morgan fingerprint density at radius 2 is 1.33 bits per heavy atom. The molecule has 5 rings (SSSR count). The number of imidazole rings is 1. The summed E-state index contributed by atoms with van der Waals surface area (Å²) < 4.78 is 42.4. The van der Waals surface area contributed by atoms with E-state index in [4.69, 9.17) is 0 Å². The van der Waals surface area contributed by atoms with E-state index in [1.807, 2.05) is 54.6 Å². The number of carbonyl (C=O) groups excluding carboxylic acids is 1. The maximum Gasteiger partial charge on any atom is 0.435 e. The Labute approximate surface area is 230 Å². The molecule has 0 aliphatic carbocycles. The van der Waals surface area contributed by atoms with Crippen molar-refractivity contribution in [3.63, 3.8) is 0 Å². The summed E-state index contributed by atoms with van der Waals surface area (Å²) >= 11 is 0. The number of alkyl halides is 3. The molecule has 0 bridgehead atoms. The van der Waals surface area contributed by atoms with Crippen molar-refractivity contribution in [1.82, 2.24) is 19.9 Å². The lowest BCUT2D eigenvalue weighted by atomic mass is 10.2. The molecule has 2 heterocycles. The molecular formula is C29H25ClF3N4OP. The maximum absolute atomic E-state index is 13.7. The van der Waals surface area contributed by atoms with E-state index < -0.39 is 25.0 Å². The number of hydrogen-bond acceptors (Lipinski definition) is 3. The Morgan fingerprint density at radius 3 is 1.74 bits per heavy atom. The van der Waals surface area contributed by atoms with Gasteiger partial charge in [-0.1, -0.05) is 54.6 Å². The van der Waals surface area contributed by atoms with Gasteiger partial charge in [-0.2, -0.15) is 18.3 Å². The van der Waals surface area contributed by atoms with Crippen molar-refractivity contribution in [1.29, 1.82) is 0 Å². The van der Waals surface area contributed by atoms with E-state index >= 15 is 0 Å². The van der Waals surface area contributed by atoms with Gasteiger partial charge in [-0.05, 0) is 49.4 Å². The number of aromatic nitrogens is 3. The van der Waals surface area contributed by atoms with Gasteiger partial charge in [-0.25, -0.2) is 9.50 Å². The van der Waals surface area contributed by atoms with Gasteiger partial charge in [0.05, 0.1) is 11.3 Å². The van der Waals surface area contributed by atoms with Crippen molar-refractivity contribution < 1.29 is 30.4 Å². The first kappa shape index (κ1) is 28.3. The minimum atomic E-state index is -4.67. The zero-order valence-corrected chi connectivity index (χ0v) is 22.8. The van der Waals surface area contributed by atoms with Gasteiger partial charge in [0, 0.05) is 7.05 Å². The Balaban J connectivity index is 0.00000353. The fourth-order valence-corrected chi connectivity index (χ4v) is 8.96. The van der Waals surface area contributed by atoms with Crippen LogP contribution in [-0.2, 0) is 12.3 Å². The van der Waals surface area contributed by atoms with Gasteiger partial charge in [0.15, 0.2) is 11.3 Å². The third kappa shape index (κ3) is 5.14. The summed E-state index contributed by atoms with van der Waals surface area (Å²) in [6.45, 7) is 1.32. The Hall–Kier alpha value is -3.74. The van der Waals surface area contributed by atoms with Crippen LogP contribution in [0.2, 0.25) is 0 Å². The molecule has 0 fully saturated rings. The molecule has 39 heavy (non-hydrogen) atoms. The van der Waals surface area contributed by atoms with E-state index in [0.717, 1.165) is 20.4 Å². The molecule has 0 saturated heterocycles. The average molecular weight is 569 g/mol. The van der Waals surface area contributed by atoms with E-state index in [0.29, 0.717) is 11.9 Å². The lowest BCUT2D eigenvalue weighted by molar-refractivity contribution is -0.141. The molecule has 0 atom stereocenters. The highest BCUT2D eigenvalue weighted by atomic mass is 35.5. The number of nitrogens with zero attached hydrogens (tertiary/aromatic N) is 3. The quantitative estimate of drug-likeness (QED) is 0.319. The van der Waals surface area contributed by atoms with Crippen LogP contribution in [-0.4, -0.2) is 27.6 Å². The summed E-state index contributed by atoms with van der Waals surface area (Å²) in [6, 6.07) is 31.8. The number of carbonyl (C=O) groups is 1. The topological polar surface area (TPSA) is 59.3 Å². The largest absolute Gasteiger partial charge is 1.00 e. The molecule has 0 saturated carbocycles. The molecule has 0 radical (unpaired) electrons. The number of hydrogen-bond donors (Lipinski definition) is 1. The van der Waals surface area contributed by atoms with E-state index in [1.54, 1.807) is 6.07 Å². The van der Waals surface area contributed by atoms with Crippen LogP contribution >= 0.6 is 7.26 Å². The standard InChI is InChI=1S/C29H24F3N4OP.ClH/c1-20-26(29(30,31)32)34-27-25(28(37)33-2)18-21(35-36(20)27)19-38(22-12-6-3-7-13-22,23-14-8-4-9-15-23)24-16-10-5-11-17-24;/h3-18H,19H2,1-2H3;1H. The van der Waals surface area contributed by atoms with Gasteiger partial charge >= 0.3 is 6.18 Å². The van der Waals surface area contributed by atoms with E-state index in [1.165, 1.54) is 14.0 Å². The lowest BCUT2D eigenvalue weighted by Crippen LogP contribution is -3.00. The fraction of sp³-hybridized carbons (Fsp3) is 0.138. The molecule has 200 valence electrons. The number of amides is 1. The summed E-state index contributed by atoms with van der Waals surface area (Å²) in [7, 11) is -0.964. The van der Waals surface area contributed by atoms with Gasteiger partial charge in [-0.15, -0.1) is 0 Å². The van der Waals surface area contributed by atoms with Crippen molar-refractivity contribution in [3.05, 3.63) is 120 Å². The van der Waals surface area contributed by atoms with Gasteiger partial charge < -0.3 is 17.7 Å². The predicted octanol–water partition coefficient (Wildman–Crippen LogP) is 1.91. The number of aryl methyl sites for hydroxylation is 1. The summed E-state index contributed by atoms with van der Waals surface area (Å²) in [6.07, 6.45) is -4.28. The monoisotopic (exact) mass is 568 g/mol. The van der Waals surface area contributed by atoms with Crippen LogP contribution in [0.1, 0.15) is 27.4 Å². The average Bonchev–Trinajstić information content (AvgIpc) is 3.29. The summed E-state index contributed by atoms with van der Waals surface area (Å²) in [4.78, 5) is 16.6. The third-order valence-corrected chi connectivity index (χ3v) is 10.9. The first-order valence-corrected chi connectivity index (χ1v) is 14.0. The molecule has 10 heteroatoms. The van der Waals surface area contributed by atoms with Gasteiger partial charge in [-0.3, -0.25) is 4.79 Å². The molecule has 2 aromatic heterocycles. The lowest BCUT2D eigenvalue weighted by Gasteiger charge is -2.27. The number of nitrogens with one attached hydrogen (secondary N) is 1. The van der Waals surface area contributed by atoms with Gasteiger partial charge in [0.25, 0.3) is 5.91 Å². The first-order valence-electron chi connectivity index (χ1n) is 12.0. The van der Waals surface area contributed by atoms with Crippen molar-refractivity contribution in [2.75, 3.05) is 7.05 Å². The van der Waals surface area contributed by atoms with Gasteiger partial charge in [0.1, 0.15) is 35.0 Å². The zero-order valence-electron chi connectivity index (χ0n) is 21.2. The summed E-state index contributed by atoms with van der Waals surface area (Å²) in [5.74, 6) is -0.527. The van der Waals surface area contributed by atoms with Crippen LogP contribution in [0.3, 0.4) is 0 Å².